The summed E-state index contributed by atoms with van der Waals surface area (Å²) < 4.78 is 5.13. The Hall–Kier alpha value is -1.62. The van der Waals surface area contributed by atoms with E-state index in [0.29, 0.717) is 5.89 Å². The lowest BCUT2D eigenvalue weighted by Gasteiger charge is -1.93. The Morgan fingerprint density at radius 1 is 1.67 bits per heavy atom. The molecule has 2 aromatic rings. The predicted molar refractivity (Wildman–Crippen MR) is 56.2 cm³/mol. The minimum absolute atomic E-state index is 0.0551. The van der Waals surface area contributed by atoms with Gasteiger partial charge in [0.15, 0.2) is 5.69 Å². The lowest BCUT2D eigenvalue weighted by molar-refractivity contribution is 0.0690. The Bertz CT molecular complexity index is 486. The van der Waals surface area contributed by atoms with Crippen LogP contribution in [0.4, 0.5) is 0 Å². The molecule has 4 nitrogen and oxygen atoms in total. The molecule has 0 radical (unpaired) electrons. The van der Waals surface area contributed by atoms with Crippen molar-refractivity contribution in [3.05, 3.63) is 29.0 Å². The summed E-state index contributed by atoms with van der Waals surface area (Å²) in [6.45, 7) is 2.03. The second-order valence-corrected chi connectivity index (χ2v) is 3.89. The van der Waals surface area contributed by atoms with Crippen molar-refractivity contribution in [1.82, 2.24) is 4.98 Å². The van der Waals surface area contributed by atoms with Crippen molar-refractivity contribution < 1.29 is 14.3 Å². The molecule has 0 amide bonds. The number of aromatic nitrogens is 1. The van der Waals surface area contributed by atoms with Crippen molar-refractivity contribution in [3.63, 3.8) is 0 Å². The van der Waals surface area contributed by atoms with Gasteiger partial charge in [-0.05, 0) is 23.4 Å². The molecule has 2 rings (SSSR count). The van der Waals surface area contributed by atoms with Gasteiger partial charge in [0.05, 0.1) is 4.88 Å². The predicted octanol–water partition coefficient (Wildman–Crippen LogP) is 2.66. The lowest BCUT2D eigenvalue weighted by Crippen LogP contribution is -1.95. The molecule has 0 saturated heterocycles. The summed E-state index contributed by atoms with van der Waals surface area (Å²) in [6, 6.07) is 1.99. The third kappa shape index (κ3) is 1.78. The van der Waals surface area contributed by atoms with E-state index < -0.39 is 5.97 Å². The van der Waals surface area contributed by atoms with Crippen molar-refractivity contribution in [2.75, 3.05) is 0 Å². The van der Waals surface area contributed by atoms with E-state index >= 15 is 0 Å². The number of carbonyl (C=O) groups is 1. The van der Waals surface area contributed by atoms with Gasteiger partial charge in [0.2, 0.25) is 5.89 Å². The second kappa shape index (κ2) is 3.86. The van der Waals surface area contributed by atoms with Gasteiger partial charge in [0, 0.05) is 0 Å². The number of thiophene rings is 1. The summed E-state index contributed by atoms with van der Waals surface area (Å²) in [6.07, 6.45) is 2.04. The zero-order valence-corrected chi connectivity index (χ0v) is 8.87. The van der Waals surface area contributed by atoms with Crippen LogP contribution < -0.4 is 0 Å². The Morgan fingerprint density at radius 2 is 2.47 bits per heavy atom. The molecule has 0 spiro atoms. The first-order valence-corrected chi connectivity index (χ1v) is 5.36. The molecule has 5 heteroatoms. The van der Waals surface area contributed by atoms with Gasteiger partial charge in [-0.3, -0.25) is 0 Å². The van der Waals surface area contributed by atoms with Crippen LogP contribution in [0.3, 0.4) is 0 Å². The normalized spacial score (nSPS) is 10.5. The molecule has 1 N–H and O–H groups in total. The Morgan fingerprint density at radius 3 is 3.07 bits per heavy atom. The van der Waals surface area contributed by atoms with Crippen LogP contribution in [0.1, 0.15) is 23.0 Å². The number of aromatic carboxylic acids is 1. The second-order valence-electron chi connectivity index (χ2n) is 2.97. The smallest absolute Gasteiger partial charge is 0.357 e. The number of oxazole rings is 1. The SMILES string of the molecule is CCc1ccsc1-c1nc(C(=O)O)co1. The highest BCUT2D eigenvalue weighted by molar-refractivity contribution is 7.13. The summed E-state index contributed by atoms with van der Waals surface area (Å²) >= 11 is 1.50. The number of carboxylic acid groups (broad SMARTS) is 1. The number of carboxylic acids is 1. The van der Waals surface area contributed by atoms with Crippen molar-refractivity contribution >= 4 is 17.3 Å². The molecule has 0 atom stereocenters. The van der Waals surface area contributed by atoms with E-state index in [4.69, 9.17) is 9.52 Å². The zero-order valence-electron chi connectivity index (χ0n) is 8.06. The summed E-state index contributed by atoms with van der Waals surface area (Å²) in [7, 11) is 0. The van der Waals surface area contributed by atoms with Crippen LogP contribution >= 0.6 is 11.3 Å². The first-order chi connectivity index (χ1) is 7.22. The first-order valence-electron chi connectivity index (χ1n) is 4.48. The molecular formula is C10H9NO3S. The van der Waals surface area contributed by atoms with Gasteiger partial charge in [-0.15, -0.1) is 11.3 Å². The van der Waals surface area contributed by atoms with Crippen molar-refractivity contribution in [2.24, 2.45) is 0 Å². The molecule has 0 aliphatic heterocycles. The van der Waals surface area contributed by atoms with Crippen LogP contribution in [-0.4, -0.2) is 16.1 Å². The van der Waals surface area contributed by atoms with E-state index in [9.17, 15) is 4.79 Å². The van der Waals surface area contributed by atoms with Crippen LogP contribution in [0, 0.1) is 0 Å². The van der Waals surface area contributed by atoms with Crippen molar-refractivity contribution in [2.45, 2.75) is 13.3 Å². The molecule has 0 saturated carbocycles. The molecule has 0 aliphatic carbocycles. The van der Waals surface area contributed by atoms with Gasteiger partial charge in [0.1, 0.15) is 6.26 Å². The van der Waals surface area contributed by atoms with Crippen LogP contribution in [0.5, 0.6) is 0 Å². The maximum absolute atomic E-state index is 10.6. The van der Waals surface area contributed by atoms with Crippen LogP contribution in [0.25, 0.3) is 10.8 Å². The van der Waals surface area contributed by atoms with Gasteiger partial charge in [-0.2, -0.15) is 0 Å². The minimum atomic E-state index is -1.07. The van der Waals surface area contributed by atoms with Gasteiger partial charge in [-0.1, -0.05) is 6.92 Å². The van der Waals surface area contributed by atoms with Crippen molar-refractivity contribution in [1.29, 1.82) is 0 Å². The van der Waals surface area contributed by atoms with Gasteiger partial charge in [-0.25, -0.2) is 9.78 Å². The van der Waals surface area contributed by atoms with Crippen LogP contribution in [-0.2, 0) is 6.42 Å². The lowest BCUT2D eigenvalue weighted by atomic mass is 10.2. The Balaban J connectivity index is 2.41. The van der Waals surface area contributed by atoms with E-state index in [0.717, 1.165) is 23.1 Å². The molecule has 15 heavy (non-hydrogen) atoms. The van der Waals surface area contributed by atoms with Crippen LogP contribution in [0.2, 0.25) is 0 Å². The van der Waals surface area contributed by atoms with E-state index in [1.807, 2.05) is 18.4 Å². The average molecular weight is 223 g/mol. The quantitative estimate of drug-likeness (QED) is 0.868. The highest BCUT2D eigenvalue weighted by atomic mass is 32.1. The number of nitrogens with zero attached hydrogens (tertiary/aromatic N) is 1. The molecule has 2 heterocycles. The molecular weight excluding hydrogens is 214 g/mol. The molecule has 78 valence electrons. The summed E-state index contributed by atoms with van der Waals surface area (Å²) in [5, 5.41) is 10.6. The fraction of sp³-hybridized carbons (Fsp3) is 0.200. The van der Waals surface area contributed by atoms with E-state index in [2.05, 4.69) is 4.98 Å². The largest absolute Gasteiger partial charge is 0.476 e. The van der Waals surface area contributed by atoms with Gasteiger partial charge >= 0.3 is 5.97 Å². The number of hydrogen-bond acceptors (Lipinski definition) is 4. The number of hydrogen-bond donors (Lipinski definition) is 1. The maximum atomic E-state index is 10.6. The number of aryl methyl sites for hydroxylation is 1. The zero-order chi connectivity index (χ0) is 10.8. The van der Waals surface area contributed by atoms with E-state index in [1.165, 1.54) is 11.3 Å². The summed E-state index contributed by atoms with van der Waals surface area (Å²) in [5.41, 5.74) is 1.07. The van der Waals surface area contributed by atoms with Crippen molar-refractivity contribution in [3.8, 4) is 10.8 Å². The first kappa shape index (κ1) is 9.92. The fourth-order valence-electron chi connectivity index (χ4n) is 1.28. The third-order valence-electron chi connectivity index (χ3n) is 2.05. The topological polar surface area (TPSA) is 63.3 Å². The van der Waals surface area contributed by atoms with E-state index in [1.54, 1.807) is 0 Å². The maximum Gasteiger partial charge on any atom is 0.357 e. The summed E-state index contributed by atoms with van der Waals surface area (Å²) in [5.74, 6) is -0.682. The van der Waals surface area contributed by atoms with Crippen LogP contribution in [0.15, 0.2) is 22.1 Å². The Kier molecular flexibility index (Phi) is 2.55. The van der Waals surface area contributed by atoms with Gasteiger partial charge < -0.3 is 9.52 Å². The highest BCUT2D eigenvalue weighted by Gasteiger charge is 2.14. The summed E-state index contributed by atoms with van der Waals surface area (Å²) in [4.78, 5) is 15.4. The van der Waals surface area contributed by atoms with Gasteiger partial charge in [0.25, 0.3) is 0 Å². The molecule has 0 aromatic carbocycles. The average Bonchev–Trinajstić information content (AvgIpc) is 2.85. The standard InChI is InChI=1S/C10H9NO3S/c1-2-6-3-4-15-8(6)9-11-7(5-14-9)10(12)13/h3-5H,2H2,1H3,(H,12,13). The number of rotatable bonds is 3. The Labute approximate surface area is 90.2 Å². The monoisotopic (exact) mass is 223 g/mol. The third-order valence-corrected chi connectivity index (χ3v) is 2.99. The molecule has 2 aromatic heterocycles. The molecule has 0 fully saturated rings. The molecule has 0 unspecified atom stereocenters. The highest BCUT2D eigenvalue weighted by Crippen LogP contribution is 2.29. The van der Waals surface area contributed by atoms with E-state index in [-0.39, 0.29) is 5.69 Å². The fourth-order valence-corrected chi connectivity index (χ4v) is 2.20. The molecule has 0 aliphatic rings. The molecule has 0 bridgehead atoms. The minimum Gasteiger partial charge on any atom is -0.476 e.